The summed E-state index contributed by atoms with van der Waals surface area (Å²) in [5.41, 5.74) is 1.56. The van der Waals surface area contributed by atoms with Crippen LogP contribution in [-0.4, -0.2) is 31.0 Å². The number of benzene rings is 1. The minimum atomic E-state index is -0.322. The second-order valence-corrected chi connectivity index (χ2v) is 4.63. The van der Waals surface area contributed by atoms with Crippen molar-refractivity contribution >= 4 is 28.6 Å². The largest absolute Gasteiger partial charge is 0.497 e. The zero-order valence-electron chi connectivity index (χ0n) is 10.8. The van der Waals surface area contributed by atoms with Gasteiger partial charge < -0.3 is 14.0 Å². The van der Waals surface area contributed by atoms with Crippen molar-refractivity contribution in [1.82, 2.24) is 4.57 Å². The highest BCUT2D eigenvalue weighted by atomic mass is 32.2. The number of hydrogen-bond donors (Lipinski definition) is 0. The number of methoxy groups -OCH3 is 2. The highest BCUT2D eigenvalue weighted by Crippen LogP contribution is 2.34. The third-order valence-electron chi connectivity index (χ3n) is 2.94. The first-order valence-corrected chi connectivity index (χ1v) is 6.65. The molecule has 0 fully saturated rings. The van der Waals surface area contributed by atoms with Crippen molar-refractivity contribution in [3.8, 4) is 5.75 Å². The van der Waals surface area contributed by atoms with Gasteiger partial charge in [-0.15, -0.1) is 11.8 Å². The predicted molar refractivity (Wildman–Crippen MR) is 72.6 cm³/mol. The van der Waals surface area contributed by atoms with Crippen molar-refractivity contribution < 1.29 is 14.3 Å². The highest BCUT2D eigenvalue weighted by Gasteiger charge is 2.21. The number of aromatic nitrogens is 1. The molecular weight excluding hydrogens is 250 g/mol. The molecule has 0 atom stereocenters. The molecule has 0 N–H and O–H groups in total. The van der Waals surface area contributed by atoms with E-state index in [4.69, 9.17) is 9.47 Å². The summed E-state index contributed by atoms with van der Waals surface area (Å²) >= 11 is 1.53. The maximum atomic E-state index is 11.9. The molecule has 1 aromatic heterocycles. The quantitative estimate of drug-likeness (QED) is 0.632. The summed E-state index contributed by atoms with van der Waals surface area (Å²) in [4.78, 5) is 12.8. The number of thioether (sulfide) groups is 1. The lowest BCUT2D eigenvalue weighted by atomic mass is 10.2. The Kier molecular flexibility index (Phi) is 3.52. The van der Waals surface area contributed by atoms with Crippen LogP contribution in [-0.2, 0) is 11.8 Å². The Balaban J connectivity index is 2.79. The maximum absolute atomic E-state index is 11.9. The lowest BCUT2D eigenvalue weighted by Crippen LogP contribution is -2.08. The van der Waals surface area contributed by atoms with Crippen LogP contribution in [0.15, 0.2) is 23.1 Å². The fourth-order valence-corrected chi connectivity index (χ4v) is 2.85. The van der Waals surface area contributed by atoms with Crippen molar-refractivity contribution in [3.63, 3.8) is 0 Å². The molecule has 0 amide bonds. The van der Waals surface area contributed by atoms with Gasteiger partial charge in [0.1, 0.15) is 11.4 Å². The van der Waals surface area contributed by atoms with Crippen molar-refractivity contribution in [2.24, 2.45) is 7.05 Å². The maximum Gasteiger partial charge on any atom is 0.355 e. The van der Waals surface area contributed by atoms with Crippen molar-refractivity contribution in [2.45, 2.75) is 4.90 Å². The smallest absolute Gasteiger partial charge is 0.355 e. The van der Waals surface area contributed by atoms with E-state index in [0.717, 1.165) is 21.5 Å². The van der Waals surface area contributed by atoms with Gasteiger partial charge in [-0.25, -0.2) is 4.79 Å². The molecule has 0 spiro atoms. The molecule has 0 aliphatic heterocycles. The predicted octanol–water partition coefficient (Wildman–Crippen LogP) is 2.70. The van der Waals surface area contributed by atoms with Gasteiger partial charge in [-0.05, 0) is 24.5 Å². The summed E-state index contributed by atoms with van der Waals surface area (Å²) < 4.78 is 11.9. The molecular formula is C13H15NO3S. The normalized spacial score (nSPS) is 10.7. The Morgan fingerprint density at radius 2 is 2.06 bits per heavy atom. The molecule has 4 nitrogen and oxygen atoms in total. The summed E-state index contributed by atoms with van der Waals surface area (Å²) in [6.07, 6.45) is 1.95. The van der Waals surface area contributed by atoms with Gasteiger partial charge in [0.2, 0.25) is 0 Å². The molecule has 0 aliphatic carbocycles. The van der Waals surface area contributed by atoms with Gasteiger partial charge in [0.05, 0.1) is 14.2 Å². The van der Waals surface area contributed by atoms with Gasteiger partial charge in [-0.2, -0.15) is 0 Å². The molecule has 5 heteroatoms. The van der Waals surface area contributed by atoms with E-state index in [9.17, 15) is 4.79 Å². The molecule has 18 heavy (non-hydrogen) atoms. The molecule has 1 aromatic carbocycles. The van der Waals surface area contributed by atoms with E-state index in [1.165, 1.54) is 18.9 Å². The summed E-state index contributed by atoms with van der Waals surface area (Å²) in [7, 11) is 4.88. The second-order valence-electron chi connectivity index (χ2n) is 3.82. The van der Waals surface area contributed by atoms with Crippen LogP contribution in [0.1, 0.15) is 10.5 Å². The van der Waals surface area contributed by atoms with Crippen LogP contribution < -0.4 is 4.74 Å². The van der Waals surface area contributed by atoms with Crippen LogP contribution in [0.25, 0.3) is 10.9 Å². The SMILES string of the molecule is COC(=O)c1c(SC)c2cc(OC)ccc2n1C. The number of rotatable bonds is 3. The number of aryl methyl sites for hydroxylation is 1. The zero-order valence-corrected chi connectivity index (χ0v) is 11.6. The van der Waals surface area contributed by atoms with Crippen LogP contribution in [0.3, 0.4) is 0 Å². The molecule has 0 bridgehead atoms. The van der Waals surface area contributed by atoms with Crippen LogP contribution in [0.4, 0.5) is 0 Å². The molecule has 0 saturated heterocycles. The summed E-state index contributed by atoms with van der Waals surface area (Å²) in [5, 5.41) is 1.00. The first kappa shape index (κ1) is 12.8. The van der Waals surface area contributed by atoms with E-state index < -0.39 is 0 Å². The van der Waals surface area contributed by atoms with E-state index in [-0.39, 0.29) is 5.97 Å². The van der Waals surface area contributed by atoms with Crippen LogP contribution in [0.2, 0.25) is 0 Å². The Morgan fingerprint density at radius 1 is 1.33 bits per heavy atom. The topological polar surface area (TPSA) is 40.5 Å². The third-order valence-corrected chi connectivity index (χ3v) is 3.76. The van der Waals surface area contributed by atoms with Gasteiger partial charge >= 0.3 is 5.97 Å². The van der Waals surface area contributed by atoms with E-state index >= 15 is 0 Å². The van der Waals surface area contributed by atoms with Crippen LogP contribution >= 0.6 is 11.8 Å². The Hall–Kier alpha value is -1.62. The first-order valence-electron chi connectivity index (χ1n) is 5.42. The third kappa shape index (κ3) is 1.84. The fourth-order valence-electron chi connectivity index (χ4n) is 2.05. The average molecular weight is 265 g/mol. The molecule has 0 unspecified atom stereocenters. The van der Waals surface area contributed by atoms with Crippen molar-refractivity contribution in [3.05, 3.63) is 23.9 Å². The van der Waals surface area contributed by atoms with E-state index in [0.29, 0.717) is 5.69 Å². The molecule has 0 radical (unpaired) electrons. The number of carbonyl (C=O) groups is 1. The second kappa shape index (κ2) is 4.94. The van der Waals surface area contributed by atoms with Crippen LogP contribution in [0, 0.1) is 0 Å². The van der Waals surface area contributed by atoms with Gasteiger partial charge in [-0.1, -0.05) is 0 Å². The van der Waals surface area contributed by atoms with Crippen molar-refractivity contribution in [1.29, 1.82) is 0 Å². The Bertz CT molecular complexity index is 604. The minimum absolute atomic E-state index is 0.322. The van der Waals surface area contributed by atoms with E-state index in [2.05, 4.69) is 0 Å². The van der Waals surface area contributed by atoms with Gasteiger partial charge in [0.15, 0.2) is 0 Å². The lowest BCUT2D eigenvalue weighted by molar-refractivity contribution is 0.0586. The van der Waals surface area contributed by atoms with Gasteiger partial charge in [0.25, 0.3) is 0 Å². The van der Waals surface area contributed by atoms with Crippen molar-refractivity contribution in [2.75, 3.05) is 20.5 Å². The number of ether oxygens (including phenoxy) is 2. The molecule has 2 aromatic rings. The Morgan fingerprint density at radius 3 is 2.61 bits per heavy atom. The average Bonchev–Trinajstić information content (AvgIpc) is 2.69. The minimum Gasteiger partial charge on any atom is -0.497 e. The summed E-state index contributed by atoms with van der Waals surface area (Å²) in [5.74, 6) is 0.455. The van der Waals surface area contributed by atoms with Gasteiger partial charge in [0, 0.05) is 22.8 Å². The van der Waals surface area contributed by atoms with Gasteiger partial charge in [-0.3, -0.25) is 0 Å². The number of carbonyl (C=O) groups excluding carboxylic acids is 1. The number of fused-ring (bicyclic) bond motifs is 1. The number of hydrogen-bond acceptors (Lipinski definition) is 4. The Labute approximate surface area is 110 Å². The summed E-state index contributed by atoms with van der Waals surface area (Å²) in [6.45, 7) is 0. The number of esters is 1. The fraction of sp³-hybridized carbons (Fsp3) is 0.308. The zero-order chi connectivity index (χ0) is 13.3. The lowest BCUT2D eigenvalue weighted by Gasteiger charge is -2.03. The number of nitrogens with zero attached hydrogens (tertiary/aromatic N) is 1. The monoisotopic (exact) mass is 265 g/mol. The molecule has 96 valence electrons. The highest BCUT2D eigenvalue weighted by molar-refractivity contribution is 7.99. The molecule has 1 heterocycles. The molecule has 2 rings (SSSR count). The van der Waals surface area contributed by atoms with E-state index in [1.54, 1.807) is 7.11 Å². The van der Waals surface area contributed by atoms with Crippen LogP contribution in [0.5, 0.6) is 5.75 Å². The standard InChI is InChI=1S/C13H15NO3S/c1-14-10-6-5-8(16-2)7-9(10)12(18-4)11(14)13(15)17-3/h5-7H,1-4H3. The summed E-state index contributed by atoms with van der Waals surface area (Å²) in [6, 6.07) is 5.77. The molecule has 0 saturated carbocycles. The first-order chi connectivity index (χ1) is 8.63. The molecule has 0 aliphatic rings. The van der Waals surface area contributed by atoms with E-state index in [1.807, 2.05) is 36.1 Å².